The Morgan fingerprint density at radius 2 is 2.24 bits per heavy atom. The summed E-state index contributed by atoms with van der Waals surface area (Å²) < 4.78 is 5.00. The van der Waals surface area contributed by atoms with Gasteiger partial charge in [-0.05, 0) is 12.5 Å². The highest BCUT2D eigenvalue weighted by molar-refractivity contribution is 5.76. The zero-order chi connectivity index (χ0) is 12.5. The predicted octanol–water partition coefficient (Wildman–Crippen LogP) is 1.42. The normalized spacial score (nSPS) is 9.76. The average Bonchev–Trinajstić information content (AvgIpc) is 2.36. The van der Waals surface area contributed by atoms with Crippen LogP contribution in [0.25, 0.3) is 0 Å². The minimum absolute atomic E-state index is 0.0576. The van der Waals surface area contributed by atoms with Crippen molar-refractivity contribution in [3.63, 3.8) is 0 Å². The maximum absolute atomic E-state index is 11.3. The molecule has 0 unspecified atom stereocenters. The topological polar surface area (TPSA) is 63.2 Å². The number of nitrogens with one attached hydrogen (secondary N) is 2. The Hall–Kier alpha value is -1.78. The van der Waals surface area contributed by atoms with Gasteiger partial charge in [0.05, 0.1) is 7.11 Å². The van der Waals surface area contributed by atoms with Crippen LogP contribution in [-0.2, 0) is 4.79 Å². The van der Waals surface area contributed by atoms with Crippen LogP contribution >= 0.6 is 0 Å². The number of hydrogen-bond acceptors (Lipinski definition) is 4. The van der Waals surface area contributed by atoms with Crippen LogP contribution in [0, 0.1) is 0 Å². The zero-order valence-electron chi connectivity index (χ0n) is 10.3. The summed E-state index contributed by atoms with van der Waals surface area (Å²) in [6.07, 6.45) is 1.40. The van der Waals surface area contributed by atoms with Gasteiger partial charge in [0.1, 0.15) is 5.82 Å². The highest BCUT2D eigenvalue weighted by Crippen LogP contribution is 2.10. The van der Waals surface area contributed by atoms with E-state index in [1.807, 2.05) is 19.1 Å². The van der Waals surface area contributed by atoms with Crippen LogP contribution in [0.1, 0.15) is 19.8 Å². The SMILES string of the molecule is CCCNC(=O)CCNc1cccc(OC)n1. The van der Waals surface area contributed by atoms with E-state index in [1.165, 1.54) is 0 Å². The number of carbonyl (C=O) groups is 1. The van der Waals surface area contributed by atoms with Crippen molar-refractivity contribution in [2.75, 3.05) is 25.5 Å². The number of aromatic nitrogens is 1. The fraction of sp³-hybridized carbons (Fsp3) is 0.500. The molecule has 0 atom stereocenters. The van der Waals surface area contributed by atoms with Crippen molar-refractivity contribution < 1.29 is 9.53 Å². The van der Waals surface area contributed by atoms with E-state index in [0.717, 1.165) is 13.0 Å². The number of methoxy groups -OCH3 is 1. The first kappa shape index (κ1) is 13.3. The fourth-order valence-corrected chi connectivity index (χ4v) is 1.28. The van der Waals surface area contributed by atoms with Gasteiger partial charge < -0.3 is 15.4 Å². The minimum atomic E-state index is 0.0576. The van der Waals surface area contributed by atoms with Crippen LogP contribution in [-0.4, -0.2) is 31.1 Å². The second-order valence-electron chi connectivity index (χ2n) is 3.59. The lowest BCUT2D eigenvalue weighted by molar-refractivity contribution is -0.120. The lowest BCUT2D eigenvalue weighted by atomic mass is 10.3. The van der Waals surface area contributed by atoms with Crippen molar-refractivity contribution in [2.24, 2.45) is 0 Å². The van der Waals surface area contributed by atoms with E-state index in [-0.39, 0.29) is 5.91 Å². The first-order valence-corrected chi connectivity index (χ1v) is 5.78. The number of hydrogen-bond donors (Lipinski definition) is 2. The van der Waals surface area contributed by atoms with E-state index in [0.29, 0.717) is 24.7 Å². The Morgan fingerprint density at radius 3 is 2.94 bits per heavy atom. The van der Waals surface area contributed by atoms with Gasteiger partial charge in [-0.15, -0.1) is 0 Å². The summed E-state index contributed by atoms with van der Waals surface area (Å²) >= 11 is 0. The number of carbonyl (C=O) groups excluding carboxylic acids is 1. The second-order valence-corrected chi connectivity index (χ2v) is 3.59. The van der Waals surface area contributed by atoms with Crippen molar-refractivity contribution in [3.05, 3.63) is 18.2 Å². The fourth-order valence-electron chi connectivity index (χ4n) is 1.28. The maximum Gasteiger partial charge on any atom is 0.221 e. The van der Waals surface area contributed by atoms with Crippen LogP contribution in [0.2, 0.25) is 0 Å². The third-order valence-electron chi connectivity index (χ3n) is 2.16. The third-order valence-corrected chi connectivity index (χ3v) is 2.16. The molecule has 17 heavy (non-hydrogen) atoms. The molecule has 0 saturated carbocycles. The average molecular weight is 237 g/mol. The Balaban J connectivity index is 2.28. The quantitative estimate of drug-likeness (QED) is 0.752. The summed E-state index contributed by atoms with van der Waals surface area (Å²) in [7, 11) is 1.57. The van der Waals surface area contributed by atoms with Gasteiger partial charge in [0.25, 0.3) is 0 Å². The Labute approximate surface area is 102 Å². The number of ether oxygens (including phenoxy) is 1. The Kier molecular flexibility index (Phi) is 5.85. The van der Waals surface area contributed by atoms with Crippen LogP contribution in [0.3, 0.4) is 0 Å². The summed E-state index contributed by atoms with van der Waals surface area (Å²) in [5.74, 6) is 1.33. The lowest BCUT2D eigenvalue weighted by Crippen LogP contribution is -2.25. The summed E-state index contributed by atoms with van der Waals surface area (Å²) in [5, 5.41) is 5.89. The van der Waals surface area contributed by atoms with Crippen LogP contribution in [0.4, 0.5) is 5.82 Å². The molecule has 0 spiro atoms. The molecule has 1 aromatic rings. The minimum Gasteiger partial charge on any atom is -0.481 e. The molecule has 0 aliphatic carbocycles. The molecule has 1 aromatic heterocycles. The largest absolute Gasteiger partial charge is 0.481 e. The van der Waals surface area contributed by atoms with Gasteiger partial charge in [0, 0.05) is 25.6 Å². The molecule has 0 fully saturated rings. The van der Waals surface area contributed by atoms with Crippen molar-refractivity contribution in [3.8, 4) is 5.88 Å². The van der Waals surface area contributed by atoms with Crippen molar-refractivity contribution in [1.82, 2.24) is 10.3 Å². The summed E-state index contributed by atoms with van der Waals surface area (Å²) in [4.78, 5) is 15.5. The monoisotopic (exact) mass is 237 g/mol. The molecular formula is C12H19N3O2. The molecule has 0 aliphatic heterocycles. The summed E-state index contributed by atoms with van der Waals surface area (Å²) in [6.45, 7) is 3.32. The number of nitrogens with zero attached hydrogens (tertiary/aromatic N) is 1. The molecule has 0 radical (unpaired) electrons. The summed E-state index contributed by atoms with van der Waals surface area (Å²) in [6, 6.07) is 5.47. The number of pyridine rings is 1. The van der Waals surface area contributed by atoms with Gasteiger partial charge in [-0.3, -0.25) is 4.79 Å². The molecule has 1 heterocycles. The standard InChI is InChI=1S/C12H19N3O2/c1-3-8-14-11(16)7-9-13-10-5-4-6-12(15-10)17-2/h4-6H,3,7-9H2,1-2H3,(H,13,15)(H,14,16). The van der Waals surface area contributed by atoms with E-state index in [1.54, 1.807) is 13.2 Å². The van der Waals surface area contributed by atoms with Gasteiger partial charge in [0.2, 0.25) is 11.8 Å². The Bertz CT molecular complexity index is 355. The molecule has 94 valence electrons. The first-order valence-electron chi connectivity index (χ1n) is 5.78. The van der Waals surface area contributed by atoms with Gasteiger partial charge in [0.15, 0.2) is 0 Å². The predicted molar refractivity (Wildman–Crippen MR) is 67.2 cm³/mol. The molecule has 1 rings (SSSR count). The number of amides is 1. The van der Waals surface area contributed by atoms with Gasteiger partial charge in [-0.2, -0.15) is 4.98 Å². The van der Waals surface area contributed by atoms with Crippen LogP contribution in [0.15, 0.2) is 18.2 Å². The molecular weight excluding hydrogens is 218 g/mol. The van der Waals surface area contributed by atoms with Crippen LogP contribution in [0.5, 0.6) is 5.88 Å². The first-order chi connectivity index (χ1) is 8.26. The molecule has 1 amide bonds. The van der Waals surface area contributed by atoms with Crippen molar-refractivity contribution in [1.29, 1.82) is 0 Å². The molecule has 5 nitrogen and oxygen atoms in total. The van der Waals surface area contributed by atoms with E-state index >= 15 is 0 Å². The molecule has 5 heteroatoms. The summed E-state index contributed by atoms with van der Waals surface area (Å²) in [5.41, 5.74) is 0. The van der Waals surface area contributed by atoms with Crippen molar-refractivity contribution >= 4 is 11.7 Å². The van der Waals surface area contributed by atoms with E-state index < -0.39 is 0 Å². The lowest BCUT2D eigenvalue weighted by Gasteiger charge is -2.07. The van der Waals surface area contributed by atoms with Gasteiger partial charge in [-0.25, -0.2) is 0 Å². The second kappa shape index (κ2) is 7.49. The van der Waals surface area contributed by atoms with E-state index in [2.05, 4.69) is 15.6 Å². The van der Waals surface area contributed by atoms with Crippen LogP contribution < -0.4 is 15.4 Å². The smallest absolute Gasteiger partial charge is 0.221 e. The molecule has 0 bridgehead atoms. The Morgan fingerprint density at radius 1 is 1.41 bits per heavy atom. The molecule has 2 N–H and O–H groups in total. The zero-order valence-corrected chi connectivity index (χ0v) is 10.3. The number of anilines is 1. The van der Waals surface area contributed by atoms with Crippen molar-refractivity contribution in [2.45, 2.75) is 19.8 Å². The molecule has 0 aromatic carbocycles. The molecule has 0 aliphatic rings. The van der Waals surface area contributed by atoms with Gasteiger partial charge in [-0.1, -0.05) is 13.0 Å². The van der Waals surface area contributed by atoms with Gasteiger partial charge >= 0.3 is 0 Å². The third kappa shape index (κ3) is 5.19. The highest BCUT2D eigenvalue weighted by atomic mass is 16.5. The number of rotatable bonds is 7. The molecule has 0 saturated heterocycles. The maximum atomic E-state index is 11.3. The highest BCUT2D eigenvalue weighted by Gasteiger charge is 2.00. The van der Waals surface area contributed by atoms with E-state index in [9.17, 15) is 4.79 Å². The van der Waals surface area contributed by atoms with E-state index in [4.69, 9.17) is 4.74 Å².